The Morgan fingerprint density at radius 3 is 2.38 bits per heavy atom. The highest BCUT2D eigenvalue weighted by molar-refractivity contribution is 7.21. The van der Waals surface area contributed by atoms with Crippen LogP contribution in [0, 0.1) is 6.92 Å². The van der Waals surface area contributed by atoms with Crippen molar-refractivity contribution in [2.45, 2.75) is 39.7 Å². The highest BCUT2D eigenvalue weighted by Crippen LogP contribution is 2.37. The van der Waals surface area contributed by atoms with Gasteiger partial charge in [0.15, 0.2) is 0 Å². The summed E-state index contributed by atoms with van der Waals surface area (Å²) in [5, 5.41) is 16.2. The van der Waals surface area contributed by atoms with Crippen molar-refractivity contribution in [3.8, 4) is 33.1 Å². The molecule has 3 aromatic heterocycles. The average molecular weight is 632 g/mol. The first-order valence-electron chi connectivity index (χ1n) is 16.0. The maximum atomic E-state index is 5.18. The summed E-state index contributed by atoms with van der Waals surface area (Å²) in [7, 11) is 0. The molecule has 230 valence electrons. The lowest BCUT2D eigenvalue weighted by atomic mass is 9.97. The molecule has 8 rings (SSSR count). The Kier molecular flexibility index (Phi) is 7.63. The molecule has 0 spiro atoms. The third kappa shape index (κ3) is 5.61. The van der Waals surface area contributed by atoms with Crippen molar-refractivity contribution in [3.05, 3.63) is 137 Å². The van der Waals surface area contributed by atoms with Gasteiger partial charge in [-0.1, -0.05) is 91.9 Å². The number of aryl methyl sites for hydroxylation is 2. The third-order valence-corrected chi connectivity index (χ3v) is 9.87. The molecule has 0 atom stereocenters. The van der Waals surface area contributed by atoms with Gasteiger partial charge in [-0.15, -0.1) is 21.5 Å². The Morgan fingerprint density at radius 1 is 0.766 bits per heavy atom. The van der Waals surface area contributed by atoms with Gasteiger partial charge in [-0.3, -0.25) is 0 Å². The summed E-state index contributed by atoms with van der Waals surface area (Å²) < 4.78 is 3.62. The van der Waals surface area contributed by atoms with E-state index < -0.39 is 0 Å². The molecular weight excluding hydrogens is 599 g/mol. The van der Waals surface area contributed by atoms with Gasteiger partial charge >= 0.3 is 0 Å². The van der Waals surface area contributed by atoms with E-state index in [1.807, 2.05) is 18.2 Å². The molecule has 0 aliphatic carbocycles. The van der Waals surface area contributed by atoms with Crippen molar-refractivity contribution in [1.29, 1.82) is 0 Å². The lowest BCUT2D eigenvalue weighted by molar-refractivity contribution is 0.722. The van der Waals surface area contributed by atoms with Crippen LogP contribution in [0.1, 0.15) is 41.4 Å². The fourth-order valence-corrected chi connectivity index (χ4v) is 7.50. The van der Waals surface area contributed by atoms with Gasteiger partial charge in [-0.25, -0.2) is 9.97 Å². The number of fused-ring (bicyclic) bond motifs is 2. The second kappa shape index (κ2) is 12.4. The van der Waals surface area contributed by atoms with Crippen molar-refractivity contribution in [1.82, 2.24) is 35.2 Å². The lowest BCUT2D eigenvalue weighted by Gasteiger charge is -2.13. The Hall–Kier alpha value is -5.47. The quantitative estimate of drug-likeness (QED) is 0.172. The Labute approximate surface area is 277 Å². The molecule has 7 nitrogen and oxygen atoms in total. The smallest absolute Gasteiger partial charge is 0.205 e. The average Bonchev–Trinajstić information content (AvgIpc) is 3.87. The molecule has 0 radical (unpaired) electrons. The molecule has 1 N–H and O–H groups in total. The van der Waals surface area contributed by atoms with Crippen LogP contribution in [0.15, 0.2) is 109 Å². The summed E-state index contributed by atoms with van der Waals surface area (Å²) in [4.78, 5) is 10.3. The molecule has 0 aliphatic heterocycles. The van der Waals surface area contributed by atoms with Gasteiger partial charge < -0.3 is 4.57 Å². The van der Waals surface area contributed by atoms with E-state index in [4.69, 9.17) is 9.97 Å². The first-order valence-corrected chi connectivity index (χ1v) is 16.8. The zero-order chi connectivity index (χ0) is 31.7. The van der Waals surface area contributed by atoms with E-state index >= 15 is 0 Å². The van der Waals surface area contributed by atoms with Gasteiger partial charge in [0.1, 0.15) is 10.8 Å². The molecule has 47 heavy (non-hydrogen) atoms. The van der Waals surface area contributed by atoms with E-state index in [2.05, 4.69) is 130 Å². The first-order chi connectivity index (χ1) is 23.1. The molecular formula is C39H33N7S. The summed E-state index contributed by atoms with van der Waals surface area (Å²) in [6.07, 6.45) is 2.80. The topological polar surface area (TPSA) is 85.2 Å². The van der Waals surface area contributed by atoms with Crippen LogP contribution in [0.3, 0.4) is 0 Å². The van der Waals surface area contributed by atoms with Crippen LogP contribution < -0.4 is 0 Å². The standard InChI is InChI=1S/C39H33N7S/c1-3-11-35-41-36-25(2)20-30(39-40-33-17-10-16-29(37(33)47-39)21-26-12-6-4-7-13-26)23-34(36)46(35)24-27-18-19-31(28-14-8-5-9-15-28)32(22-27)38-42-44-45-43-38/h4-10,12-20,22-23H,3,11,21,24H2,1-2H3,(H,42,43,44,45). The van der Waals surface area contributed by atoms with Gasteiger partial charge in [0.2, 0.25) is 5.82 Å². The van der Waals surface area contributed by atoms with E-state index in [9.17, 15) is 0 Å². The number of imidazole rings is 1. The van der Waals surface area contributed by atoms with Crippen molar-refractivity contribution < 1.29 is 0 Å². The number of nitrogens with one attached hydrogen (secondary N) is 1. The molecule has 0 saturated heterocycles. The number of hydrogen-bond donors (Lipinski definition) is 1. The monoisotopic (exact) mass is 631 g/mol. The van der Waals surface area contributed by atoms with E-state index in [0.29, 0.717) is 12.4 Å². The molecule has 0 aliphatic rings. The SMILES string of the molecule is CCCc1nc2c(C)cc(-c3nc4cccc(Cc5ccccc5)c4s3)cc2n1Cc1ccc(-c2ccccc2)c(-c2nn[nH]n2)c1. The van der Waals surface area contributed by atoms with E-state index in [0.717, 1.165) is 80.0 Å². The van der Waals surface area contributed by atoms with E-state index in [1.165, 1.54) is 15.8 Å². The first kappa shape index (κ1) is 29.0. The number of thiazole rings is 1. The highest BCUT2D eigenvalue weighted by atomic mass is 32.1. The van der Waals surface area contributed by atoms with Crippen LogP contribution in [0.5, 0.6) is 0 Å². The van der Waals surface area contributed by atoms with Crippen LogP contribution in [-0.2, 0) is 19.4 Å². The molecule has 0 unspecified atom stereocenters. The van der Waals surface area contributed by atoms with Gasteiger partial charge in [0.25, 0.3) is 0 Å². The summed E-state index contributed by atoms with van der Waals surface area (Å²) in [6, 6.07) is 38.5. The molecule has 5 aromatic carbocycles. The normalized spacial score (nSPS) is 11.5. The highest BCUT2D eigenvalue weighted by Gasteiger charge is 2.18. The number of H-pyrrole nitrogens is 1. The van der Waals surface area contributed by atoms with Crippen LogP contribution in [0.4, 0.5) is 0 Å². The lowest BCUT2D eigenvalue weighted by Crippen LogP contribution is -2.06. The van der Waals surface area contributed by atoms with Gasteiger partial charge in [0, 0.05) is 24.1 Å². The molecule has 3 heterocycles. The van der Waals surface area contributed by atoms with Crippen molar-refractivity contribution >= 4 is 32.6 Å². The van der Waals surface area contributed by atoms with Crippen LogP contribution in [0.2, 0.25) is 0 Å². The second-order valence-corrected chi connectivity index (χ2v) is 13.0. The van der Waals surface area contributed by atoms with Gasteiger partial charge in [0.05, 0.1) is 21.3 Å². The maximum absolute atomic E-state index is 5.18. The van der Waals surface area contributed by atoms with E-state index in [-0.39, 0.29) is 0 Å². The summed E-state index contributed by atoms with van der Waals surface area (Å²) in [6.45, 7) is 5.05. The summed E-state index contributed by atoms with van der Waals surface area (Å²) in [5.41, 5.74) is 12.4. The fourth-order valence-electron chi connectivity index (χ4n) is 6.44. The molecule has 8 heteroatoms. The third-order valence-electron chi connectivity index (χ3n) is 8.67. The minimum Gasteiger partial charge on any atom is -0.323 e. The molecule has 0 bridgehead atoms. The van der Waals surface area contributed by atoms with E-state index in [1.54, 1.807) is 11.3 Å². The number of nitrogens with zero attached hydrogens (tertiary/aromatic N) is 6. The van der Waals surface area contributed by atoms with Crippen LogP contribution in [-0.4, -0.2) is 35.2 Å². The number of tetrazole rings is 1. The molecule has 8 aromatic rings. The molecule has 0 amide bonds. The number of hydrogen-bond acceptors (Lipinski definition) is 6. The largest absolute Gasteiger partial charge is 0.323 e. The zero-order valence-electron chi connectivity index (χ0n) is 26.3. The predicted octanol–water partition coefficient (Wildman–Crippen LogP) is 9.06. The minimum atomic E-state index is 0.579. The molecule has 0 fully saturated rings. The minimum absolute atomic E-state index is 0.579. The van der Waals surface area contributed by atoms with Crippen molar-refractivity contribution in [2.24, 2.45) is 0 Å². The number of rotatable bonds is 9. The van der Waals surface area contributed by atoms with Gasteiger partial charge in [-0.05, 0) is 82.6 Å². The van der Waals surface area contributed by atoms with Crippen molar-refractivity contribution in [2.75, 3.05) is 0 Å². The van der Waals surface area contributed by atoms with Crippen LogP contribution in [0.25, 0.3) is 54.3 Å². The second-order valence-electron chi connectivity index (χ2n) is 12.0. The Morgan fingerprint density at radius 2 is 1.60 bits per heavy atom. The fraction of sp³-hybridized carbons (Fsp3) is 0.154. The predicted molar refractivity (Wildman–Crippen MR) is 190 cm³/mol. The van der Waals surface area contributed by atoms with Crippen molar-refractivity contribution in [3.63, 3.8) is 0 Å². The maximum Gasteiger partial charge on any atom is 0.205 e. The Balaban J connectivity index is 1.21. The van der Waals surface area contributed by atoms with Crippen LogP contribution >= 0.6 is 11.3 Å². The summed E-state index contributed by atoms with van der Waals surface area (Å²) >= 11 is 1.78. The van der Waals surface area contributed by atoms with Gasteiger partial charge in [-0.2, -0.15) is 5.21 Å². The number of benzene rings is 5. The number of aromatic nitrogens is 7. The number of aromatic amines is 1. The molecule has 0 saturated carbocycles. The Bertz CT molecular complexity index is 2320. The zero-order valence-corrected chi connectivity index (χ0v) is 27.1. The summed E-state index contributed by atoms with van der Waals surface area (Å²) in [5.74, 6) is 1.67.